The van der Waals surface area contributed by atoms with Crippen LogP contribution in [0.2, 0.25) is 0 Å². The van der Waals surface area contributed by atoms with Gasteiger partial charge in [0.25, 0.3) is 0 Å². The van der Waals surface area contributed by atoms with Crippen molar-refractivity contribution in [2.45, 2.75) is 40.0 Å². The molecule has 0 aromatic heterocycles. The fourth-order valence-electron chi connectivity index (χ4n) is 2.26. The van der Waals surface area contributed by atoms with Crippen LogP contribution >= 0.6 is 0 Å². The van der Waals surface area contributed by atoms with E-state index < -0.39 is 0 Å². The first-order valence-corrected chi connectivity index (χ1v) is 7.99. The van der Waals surface area contributed by atoms with Gasteiger partial charge in [0.15, 0.2) is 5.78 Å². The molecule has 0 aliphatic heterocycles. The fraction of sp³-hybridized carbons (Fsp3) is 0.500. The number of anilines is 1. The van der Waals surface area contributed by atoms with Gasteiger partial charge in [0.1, 0.15) is 0 Å². The zero-order valence-electron chi connectivity index (χ0n) is 14.5. The summed E-state index contributed by atoms with van der Waals surface area (Å²) < 4.78 is 0. The van der Waals surface area contributed by atoms with Crippen molar-refractivity contribution in [2.24, 2.45) is 0 Å². The maximum absolute atomic E-state index is 12.1. The van der Waals surface area contributed by atoms with Crippen LogP contribution in [0.1, 0.15) is 50.4 Å². The summed E-state index contributed by atoms with van der Waals surface area (Å²) in [5.74, 6) is -0.103. The molecule has 1 aromatic rings. The summed E-state index contributed by atoms with van der Waals surface area (Å²) in [5, 5.41) is 0. The molecule has 5 heteroatoms. The van der Waals surface area contributed by atoms with Gasteiger partial charge in [0.2, 0.25) is 11.8 Å². The zero-order valence-corrected chi connectivity index (χ0v) is 14.5. The Bertz CT molecular complexity index is 552. The van der Waals surface area contributed by atoms with Crippen LogP contribution in [-0.2, 0) is 9.59 Å². The van der Waals surface area contributed by atoms with Crippen LogP contribution in [0.4, 0.5) is 5.69 Å². The number of Topliss-reactive ketones (excluding diaryl/α,β-unsaturated/α-hetero) is 1. The Balaban J connectivity index is 2.70. The first-order chi connectivity index (χ1) is 10.9. The molecule has 0 N–H and O–H groups in total. The first-order valence-electron chi connectivity index (χ1n) is 7.99. The van der Waals surface area contributed by atoms with Gasteiger partial charge in [-0.05, 0) is 37.6 Å². The molecule has 0 aliphatic rings. The van der Waals surface area contributed by atoms with E-state index in [4.69, 9.17) is 0 Å². The number of benzene rings is 1. The lowest BCUT2D eigenvalue weighted by molar-refractivity contribution is -0.129. The third-order valence-electron chi connectivity index (χ3n) is 3.79. The van der Waals surface area contributed by atoms with Gasteiger partial charge >= 0.3 is 0 Å². The summed E-state index contributed by atoms with van der Waals surface area (Å²) in [6.45, 7) is 6.14. The summed E-state index contributed by atoms with van der Waals surface area (Å²) in [5.41, 5.74) is 1.30. The zero-order chi connectivity index (χ0) is 17.4. The minimum absolute atomic E-state index is 0.0151. The Labute approximate surface area is 138 Å². The quantitative estimate of drug-likeness (QED) is 0.693. The Morgan fingerprint density at radius 1 is 1.00 bits per heavy atom. The molecular weight excluding hydrogens is 292 g/mol. The van der Waals surface area contributed by atoms with E-state index in [0.717, 1.165) is 19.4 Å². The van der Waals surface area contributed by atoms with E-state index in [9.17, 15) is 14.4 Å². The molecule has 2 amide bonds. The Kier molecular flexibility index (Phi) is 7.45. The molecule has 0 radical (unpaired) electrons. The molecular formula is C18H26N2O3. The van der Waals surface area contributed by atoms with Crippen LogP contribution in [0, 0.1) is 0 Å². The van der Waals surface area contributed by atoms with Crippen molar-refractivity contribution in [3.05, 3.63) is 29.8 Å². The first kappa shape index (κ1) is 18.9. The number of amides is 2. The molecule has 0 saturated carbocycles. The molecule has 5 nitrogen and oxygen atoms in total. The molecule has 0 fully saturated rings. The number of hydrogen-bond acceptors (Lipinski definition) is 3. The van der Waals surface area contributed by atoms with Crippen molar-refractivity contribution < 1.29 is 14.4 Å². The maximum Gasteiger partial charge on any atom is 0.224 e. The summed E-state index contributed by atoms with van der Waals surface area (Å²) >= 11 is 0. The van der Waals surface area contributed by atoms with Crippen LogP contribution in [0.3, 0.4) is 0 Å². The maximum atomic E-state index is 12.1. The molecule has 0 saturated heterocycles. The summed E-state index contributed by atoms with van der Waals surface area (Å²) in [6, 6.07) is 6.87. The van der Waals surface area contributed by atoms with Crippen molar-refractivity contribution in [2.75, 3.05) is 25.0 Å². The second-order valence-electron chi connectivity index (χ2n) is 5.69. The highest BCUT2D eigenvalue weighted by Crippen LogP contribution is 2.16. The van der Waals surface area contributed by atoms with E-state index in [1.54, 1.807) is 41.1 Å². The molecule has 0 heterocycles. The predicted molar refractivity (Wildman–Crippen MR) is 91.6 cm³/mol. The van der Waals surface area contributed by atoms with Crippen LogP contribution in [0.25, 0.3) is 0 Å². The lowest BCUT2D eigenvalue weighted by Gasteiger charge is -2.23. The number of ketones is 1. The minimum Gasteiger partial charge on any atom is -0.346 e. The summed E-state index contributed by atoms with van der Waals surface area (Å²) in [4.78, 5) is 38.5. The van der Waals surface area contributed by atoms with E-state index in [1.807, 2.05) is 0 Å². The SMILES string of the molecule is CCCCN(C)C(=O)CCN(C(C)=O)c1ccc(C(C)=O)cc1. The second-order valence-corrected chi connectivity index (χ2v) is 5.69. The molecule has 1 rings (SSSR count). The Hall–Kier alpha value is -2.17. The number of carbonyl (C=O) groups is 3. The summed E-state index contributed by atoms with van der Waals surface area (Å²) in [6.07, 6.45) is 2.30. The number of hydrogen-bond donors (Lipinski definition) is 0. The number of carbonyl (C=O) groups excluding carboxylic acids is 3. The molecule has 0 unspecified atom stereocenters. The van der Waals surface area contributed by atoms with Gasteiger partial charge in [0.05, 0.1) is 0 Å². The number of nitrogens with zero attached hydrogens (tertiary/aromatic N) is 2. The van der Waals surface area contributed by atoms with Crippen LogP contribution in [-0.4, -0.2) is 42.6 Å². The molecule has 1 aromatic carbocycles. The lowest BCUT2D eigenvalue weighted by Crippen LogP contribution is -2.35. The van der Waals surface area contributed by atoms with Gasteiger partial charge in [-0.3, -0.25) is 14.4 Å². The topological polar surface area (TPSA) is 57.7 Å². The van der Waals surface area contributed by atoms with Gasteiger partial charge in [-0.1, -0.05) is 13.3 Å². The number of rotatable bonds is 8. The van der Waals surface area contributed by atoms with E-state index >= 15 is 0 Å². The molecule has 0 bridgehead atoms. The van der Waals surface area contributed by atoms with Gasteiger partial charge in [-0.25, -0.2) is 0 Å². The standard InChI is InChI=1S/C18H26N2O3/c1-5-6-12-19(4)18(23)11-13-20(15(3)22)17-9-7-16(8-10-17)14(2)21/h7-10H,5-6,11-13H2,1-4H3. The third-order valence-corrected chi connectivity index (χ3v) is 3.79. The van der Waals surface area contributed by atoms with Crippen LogP contribution in [0.5, 0.6) is 0 Å². The average Bonchev–Trinajstić information content (AvgIpc) is 2.52. The van der Waals surface area contributed by atoms with E-state index in [1.165, 1.54) is 13.8 Å². The summed E-state index contributed by atoms with van der Waals surface area (Å²) in [7, 11) is 1.79. The van der Waals surface area contributed by atoms with Crippen LogP contribution < -0.4 is 4.90 Å². The minimum atomic E-state index is -0.121. The smallest absolute Gasteiger partial charge is 0.224 e. The second kappa shape index (κ2) is 9.08. The molecule has 126 valence electrons. The van der Waals surface area contributed by atoms with Crippen molar-refractivity contribution in [1.82, 2.24) is 4.90 Å². The van der Waals surface area contributed by atoms with Gasteiger partial charge in [-0.15, -0.1) is 0 Å². The Morgan fingerprint density at radius 2 is 1.61 bits per heavy atom. The van der Waals surface area contributed by atoms with Gasteiger partial charge in [0, 0.05) is 44.7 Å². The van der Waals surface area contributed by atoms with Gasteiger partial charge in [-0.2, -0.15) is 0 Å². The van der Waals surface area contributed by atoms with Crippen molar-refractivity contribution >= 4 is 23.3 Å². The fourth-order valence-corrected chi connectivity index (χ4v) is 2.26. The van der Waals surface area contributed by atoms with E-state index in [-0.39, 0.29) is 24.0 Å². The third kappa shape index (κ3) is 5.85. The van der Waals surface area contributed by atoms with Crippen LogP contribution in [0.15, 0.2) is 24.3 Å². The van der Waals surface area contributed by atoms with Gasteiger partial charge < -0.3 is 9.80 Å². The highest BCUT2D eigenvalue weighted by atomic mass is 16.2. The monoisotopic (exact) mass is 318 g/mol. The average molecular weight is 318 g/mol. The normalized spacial score (nSPS) is 10.3. The number of unbranched alkanes of at least 4 members (excludes halogenated alkanes) is 1. The molecule has 0 aliphatic carbocycles. The lowest BCUT2D eigenvalue weighted by atomic mass is 10.1. The van der Waals surface area contributed by atoms with E-state index in [0.29, 0.717) is 17.8 Å². The highest BCUT2D eigenvalue weighted by Gasteiger charge is 2.15. The molecule has 0 atom stereocenters. The Morgan fingerprint density at radius 3 is 2.09 bits per heavy atom. The van der Waals surface area contributed by atoms with Crippen molar-refractivity contribution in [3.8, 4) is 0 Å². The van der Waals surface area contributed by atoms with Crippen molar-refractivity contribution in [3.63, 3.8) is 0 Å². The largest absolute Gasteiger partial charge is 0.346 e. The molecule has 23 heavy (non-hydrogen) atoms. The van der Waals surface area contributed by atoms with E-state index in [2.05, 4.69) is 6.92 Å². The predicted octanol–water partition coefficient (Wildman–Crippen LogP) is 2.89. The molecule has 0 spiro atoms. The van der Waals surface area contributed by atoms with Crippen molar-refractivity contribution in [1.29, 1.82) is 0 Å². The highest BCUT2D eigenvalue weighted by molar-refractivity contribution is 5.96.